The Balaban J connectivity index is 2.65. The van der Waals surface area contributed by atoms with E-state index in [9.17, 15) is 9.90 Å². The van der Waals surface area contributed by atoms with Crippen molar-refractivity contribution in [1.29, 1.82) is 0 Å². The number of phenols is 1. The summed E-state index contributed by atoms with van der Waals surface area (Å²) in [5, 5.41) is 9.76. The van der Waals surface area contributed by atoms with Gasteiger partial charge in [-0.3, -0.25) is 4.79 Å². The molecule has 0 spiro atoms. The van der Waals surface area contributed by atoms with Gasteiger partial charge in [0.1, 0.15) is 5.75 Å². The molecule has 0 radical (unpaired) electrons. The van der Waals surface area contributed by atoms with Crippen LogP contribution in [-0.4, -0.2) is 10.9 Å². The lowest BCUT2D eigenvalue weighted by atomic mass is 9.97. The molecule has 0 amide bonds. The molecule has 0 aliphatic heterocycles. The van der Waals surface area contributed by atoms with Gasteiger partial charge in [0.25, 0.3) is 0 Å². The highest BCUT2D eigenvalue weighted by molar-refractivity contribution is 6.01. The van der Waals surface area contributed by atoms with Gasteiger partial charge in [0.2, 0.25) is 0 Å². The maximum Gasteiger partial charge on any atom is 0.160 e. The molecule has 0 aromatic heterocycles. The fraction of sp³-hybridized carbons (Fsp3) is 0.0714. The molecule has 80 valence electrons. The third kappa shape index (κ3) is 1.82. The Bertz CT molecular complexity index is 530. The summed E-state index contributed by atoms with van der Waals surface area (Å²) >= 11 is 0. The number of benzene rings is 2. The van der Waals surface area contributed by atoms with Gasteiger partial charge in [-0.25, -0.2) is 0 Å². The summed E-state index contributed by atoms with van der Waals surface area (Å²) in [5.74, 6) is 0.190. The van der Waals surface area contributed by atoms with E-state index in [1.807, 2.05) is 24.3 Å². The molecule has 0 fully saturated rings. The van der Waals surface area contributed by atoms with Crippen LogP contribution in [-0.2, 0) is 0 Å². The highest BCUT2D eigenvalue weighted by atomic mass is 16.3. The van der Waals surface area contributed by atoms with Gasteiger partial charge < -0.3 is 5.11 Å². The van der Waals surface area contributed by atoms with E-state index in [2.05, 4.69) is 0 Å². The second-order valence-electron chi connectivity index (χ2n) is 3.62. The molecule has 2 aromatic carbocycles. The summed E-state index contributed by atoms with van der Waals surface area (Å²) in [4.78, 5) is 11.5. The molecule has 0 saturated carbocycles. The highest BCUT2D eigenvalue weighted by Gasteiger charge is 2.10. The first-order chi connectivity index (χ1) is 7.70. The zero-order valence-corrected chi connectivity index (χ0v) is 8.97. The van der Waals surface area contributed by atoms with Crippen LogP contribution in [0.15, 0.2) is 48.5 Å². The van der Waals surface area contributed by atoms with Crippen LogP contribution in [0.5, 0.6) is 5.75 Å². The lowest BCUT2D eigenvalue weighted by molar-refractivity contribution is 0.101. The molecule has 0 heterocycles. The first-order valence-corrected chi connectivity index (χ1v) is 5.08. The zero-order valence-electron chi connectivity index (χ0n) is 8.97. The van der Waals surface area contributed by atoms with Crippen LogP contribution in [0.3, 0.4) is 0 Å². The maximum absolute atomic E-state index is 11.5. The van der Waals surface area contributed by atoms with E-state index in [4.69, 9.17) is 0 Å². The van der Waals surface area contributed by atoms with Crippen LogP contribution in [0.25, 0.3) is 11.1 Å². The molecule has 16 heavy (non-hydrogen) atoms. The fourth-order valence-electron chi connectivity index (χ4n) is 1.73. The van der Waals surface area contributed by atoms with Crippen molar-refractivity contribution in [2.45, 2.75) is 6.92 Å². The van der Waals surface area contributed by atoms with Crippen molar-refractivity contribution in [3.05, 3.63) is 54.1 Å². The van der Waals surface area contributed by atoms with Gasteiger partial charge in [0.15, 0.2) is 5.78 Å². The number of phenolic OH excluding ortho intramolecular Hbond substituents is 1. The Morgan fingerprint density at radius 3 is 2.12 bits per heavy atom. The molecular formula is C14H12O2. The van der Waals surface area contributed by atoms with Gasteiger partial charge in [0, 0.05) is 11.1 Å². The minimum atomic E-state index is -0.00106. The monoisotopic (exact) mass is 212 g/mol. The summed E-state index contributed by atoms with van der Waals surface area (Å²) < 4.78 is 0. The lowest BCUT2D eigenvalue weighted by Crippen LogP contribution is -1.95. The molecule has 2 rings (SSSR count). The van der Waals surface area contributed by atoms with Crippen molar-refractivity contribution in [3.63, 3.8) is 0 Å². The van der Waals surface area contributed by atoms with Crippen molar-refractivity contribution in [3.8, 4) is 16.9 Å². The SMILES string of the molecule is CC(=O)c1ccccc1-c1ccccc1O. The molecule has 0 unspecified atom stereocenters. The molecule has 0 aliphatic carbocycles. The molecule has 0 saturated heterocycles. The first-order valence-electron chi connectivity index (χ1n) is 5.08. The van der Waals surface area contributed by atoms with E-state index >= 15 is 0 Å². The average Bonchev–Trinajstić information content (AvgIpc) is 2.29. The second-order valence-corrected chi connectivity index (χ2v) is 3.62. The van der Waals surface area contributed by atoms with Gasteiger partial charge in [-0.1, -0.05) is 42.5 Å². The van der Waals surface area contributed by atoms with Crippen LogP contribution in [0.4, 0.5) is 0 Å². The highest BCUT2D eigenvalue weighted by Crippen LogP contribution is 2.31. The molecule has 2 heteroatoms. The predicted molar refractivity (Wildman–Crippen MR) is 63.5 cm³/mol. The third-order valence-electron chi connectivity index (χ3n) is 2.50. The molecule has 1 N–H and O–H groups in total. The van der Waals surface area contributed by atoms with E-state index in [0.29, 0.717) is 11.1 Å². The zero-order chi connectivity index (χ0) is 11.5. The number of rotatable bonds is 2. The van der Waals surface area contributed by atoms with E-state index < -0.39 is 0 Å². The number of para-hydroxylation sites is 1. The molecular weight excluding hydrogens is 200 g/mol. The van der Waals surface area contributed by atoms with Crippen LogP contribution < -0.4 is 0 Å². The third-order valence-corrected chi connectivity index (χ3v) is 2.50. The quantitative estimate of drug-likeness (QED) is 0.776. The summed E-state index contributed by atoms with van der Waals surface area (Å²) in [6.07, 6.45) is 0. The standard InChI is InChI=1S/C14H12O2/c1-10(15)11-6-2-3-7-12(11)13-8-4-5-9-14(13)16/h2-9,16H,1H3. The molecule has 2 aromatic rings. The van der Waals surface area contributed by atoms with Crippen LogP contribution >= 0.6 is 0 Å². The van der Waals surface area contributed by atoms with E-state index in [1.165, 1.54) is 6.92 Å². The topological polar surface area (TPSA) is 37.3 Å². The number of carbonyl (C=O) groups is 1. The number of Topliss-reactive ketones (excluding diaryl/α,β-unsaturated/α-hetero) is 1. The van der Waals surface area contributed by atoms with Crippen LogP contribution in [0.2, 0.25) is 0 Å². The van der Waals surface area contributed by atoms with E-state index in [0.717, 1.165) is 5.56 Å². The fourth-order valence-corrected chi connectivity index (χ4v) is 1.73. The lowest BCUT2D eigenvalue weighted by Gasteiger charge is -2.08. The van der Waals surface area contributed by atoms with Gasteiger partial charge in [-0.2, -0.15) is 0 Å². The number of aromatic hydroxyl groups is 1. The Labute approximate surface area is 94.2 Å². The minimum absolute atomic E-state index is 0.00106. The van der Waals surface area contributed by atoms with Gasteiger partial charge >= 0.3 is 0 Å². The largest absolute Gasteiger partial charge is 0.507 e. The summed E-state index contributed by atoms with van der Waals surface area (Å²) in [7, 11) is 0. The Hall–Kier alpha value is -2.09. The Morgan fingerprint density at radius 1 is 0.938 bits per heavy atom. The summed E-state index contributed by atoms with van der Waals surface area (Å²) in [6, 6.07) is 14.3. The average molecular weight is 212 g/mol. The van der Waals surface area contributed by atoms with Crippen molar-refractivity contribution in [1.82, 2.24) is 0 Å². The van der Waals surface area contributed by atoms with E-state index in [-0.39, 0.29) is 11.5 Å². The van der Waals surface area contributed by atoms with Crippen molar-refractivity contribution < 1.29 is 9.90 Å². The van der Waals surface area contributed by atoms with Crippen LogP contribution in [0.1, 0.15) is 17.3 Å². The van der Waals surface area contributed by atoms with E-state index in [1.54, 1.807) is 24.3 Å². The molecule has 0 bridgehead atoms. The van der Waals surface area contributed by atoms with Crippen molar-refractivity contribution in [2.75, 3.05) is 0 Å². The smallest absolute Gasteiger partial charge is 0.160 e. The normalized spacial score (nSPS) is 10.1. The molecule has 0 aliphatic rings. The van der Waals surface area contributed by atoms with Gasteiger partial charge in [0.05, 0.1) is 0 Å². The van der Waals surface area contributed by atoms with Crippen molar-refractivity contribution in [2.24, 2.45) is 0 Å². The second kappa shape index (κ2) is 4.19. The molecule has 2 nitrogen and oxygen atoms in total. The minimum Gasteiger partial charge on any atom is -0.507 e. The van der Waals surface area contributed by atoms with Crippen LogP contribution in [0, 0.1) is 0 Å². The summed E-state index contributed by atoms with van der Waals surface area (Å²) in [6.45, 7) is 1.53. The Morgan fingerprint density at radius 2 is 1.50 bits per heavy atom. The van der Waals surface area contributed by atoms with Gasteiger partial charge in [-0.05, 0) is 18.6 Å². The number of hydrogen-bond donors (Lipinski definition) is 1. The number of ketones is 1. The number of hydrogen-bond acceptors (Lipinski definition) is 2. The maximum atomic E-state index is 11.5. The first kappa shape index (κ1) is 10.4. The van der Waals surface area contributed by atoms with Gasteiger partial charge in [-0.15, -0.1) is 0 Å². The number of carbonyl (C=O) groups excluding carboxylic acids is 1. The summed E-state index contributed by atoms with van der Waals surface area (Å²) in [5.41, 5.74) is 2.09. The molecule has 0 atom stereocenters. The van der Waals surface area contributed by atoms with Crippen molar-refractivity contribution >= 4 is 5.78 Å². The Kier molecular flexibility index (Phi) is 2.73. The predicted octanol–water partition coefficient (Wildman–Crippen LogP) is 3.26.